The Hall–Kier alpha value is -2.20. The van der Waals surface area contributed by atoms with Crippen molar-refractivity contribution < 1.29 is 13.3 Å². The van der Waals surface area contributed by atoms with Crippen molar-refractivity contribution in [1.82, 2.24) is 4.98 Å². The average molecular weight is 328 g/mol. The van der Waals surface area contributed by atoms with Crippen molar-refractivity contribution in [2.75, 3.05) is 17.1 Å². The van der Waals surface area contributed by atoms with Gasteiger partial charge in [-0.15, -0.1) is 11.3 Å². The number of sulfonamides is 1. The highest BCUT2D eigenvalue weighted by molar-refractivity contribution is 7.93. The van der Waals surface area contributed by atoms with Gasteiger partial charge >= 0.3 is 0 Å². The van der Waals surface area contributed by atoms with Crippen molar-refractivity contribution >= 4 is 37.9 Å². The van der Waals surface area contributed by atoms with Crippen LogP contribution in [-0.2, 0) is 10.0 Å². The molecule has 0 saturated carbocycles. The molecule has 8 nitrogen and oxygen atoms in total. The van der Waals surface area contributed by atoms with Gasteiger partial charge in [0.05, 0.1) is 10.6 Å². The maximum atomic E-state index is 12.4. The maximum Gasteiger partial charge on any atom is 0.270 e. The molecule has 0 aliphatic carbocycles. The van der Waals surface area contributed by atoms with E-state index in [-0.39, 0.29) is 21.4 Å². The summed E-state index contributed by atoms with van der Waals surface area (Å²) in [6.45, 7) is 1.79. The highest BCUT2D eigenvalue weighted by Gasteiger charge is 2.23. The molecule has 21 heavy (non-hydrogen) atoms. The molecule has 0 atom stereocenters. The van der Waals surface area contributed by atoms with Crippen LogP contribution in [0.1, 0.15) is 4.88 Å². The Bertz CT molecular complexity index is 785. The molecule has 0 aliphatic rings. The third-order valence-electron chi connectivity index (χ3n) is 2.58. The summed E-state index contributed by atoms with van der Waals surface area (Å²) in [5, 5.41) is 13.7. The number of thiazole rings is 1. The molecule has 112 valence electrons. The van der Waals surface area contributed by atoms with E-state index in [0.717, 1.165) is 10.9 Å². The van der Waals surface area contributed by atoms with E-state index in [4.69, 9.17) is 0 Å². The Morgan fingerprint density at radius 2 is 2.10 bits per heavy atom. The van der Waals surface area contributed by atoms with Gasteiger partial charge in [-0.2, -0.15) is 0 Å². The number of nitro benzene ring substituents is 1. The summed E-state index contributed by atoms with van der Waals surface area (Å²) >= 11 is 1.18. The van der Waals surface area contributed by atoms with Crippen LogP contribution in [0.4, 0.5) is 16.5 Å². The molecule has 0 bridgehead atoms. The Labute approximate surface area is 125 Å². The molecule has 1 aromatic heterocycles. The number of rotatable bonds is 5. The quantitative estimate of drug-likeness (QED) is 0.642. The molecule has 0 unspecified atom stereocenters. The Balaban J connectivity index is 2.47. The molecule has 2 aromatic rings. The first-order valence-corrected chi connectivity index (χ1v) is 8.05. The molecule has 0 spiro atoms. The zero-order valence-electron chi connectivity index (χ0n) is 11.2. The molecule has 10 heteroatoms. The lowest BCUT2D eigenvalue weighted by Crippen LogP contribution is -2.15. The van der Waals surface area contributed by atoms with Crippen molar-refractivity contribution in [3.63, 3.8) is 0 Å². The molecule has 2 N–H and O–H groups in total. The number of anilines is 2. The molecule has 0 amide bonds. The number of aromatic nitrogens is 1. The Kier molecular flexibility index (Phi) is 4.09. The number of nitrogens with zero attached hydrogens (tertiary/aromatic N) is 2. The summed E-state index contributed by atoms with van der Waals surface area (Å²) in [4.78, 5) is 14.7. The minimum Gasteiger partial charge on any atom is -0.387 e. The Morgan fingerprint density at radius 3 is 2.62 bits per heavy atom. The van der Waals surface area contributed by atoms with E-state index < -0.39 is 14.9 Å². The van der Waals surface area contributed by atoms with Crippen molar-refractivity contribution in [2.24, 2.45) is 0 Å². The minimum absolute atomic E-state index is 0.202. The van der Waals surface area contributed by atoms with Gasteiger partial charge in [-0.05, 0) is 13.0 Å². The lowest BCUT2D eigenvalue weighted by atomic mass is 10.3. The second-order valence-electron chi connectivity index (χ2n) is 4.07. The molecular formula is C11H12N4O4S2. The van der Waals surface area contributed by atoms with Crippen LogP contribution in [0, 0.1) is 17.0 Å². The highest BCUT2D eigenvalue weighted by atomic mass is 32.2. The average Bonchev–Trinajstić information content (AvgIpc) is 2.82. The van der Waals surface area contributed by atoms with Gasteiger partial charge in [-0.1, -0.05) is 0 Å². The number of hydrogen-bond acceptors (Lipinski definition) is 7. The normalized spacial score (nSPS) is 11.1. The van der Waals surface area contributed by atoms with Gasteiger partial charge in [-0.25, -0.2) is 13.4 Å². The summed E-state index contributed by atoms with van der Waals surface area (Å²) in [5.74, 6) is 0. The van der Waals surface area contributed by atoms with Gasteiger partial charge in [0.1, 0.15) is 4.90 Å². The smallest absolute Gasteiger partial charge is 0.270 e. The van der Waals surface area contributed by atoms with Crippen LogP contribution in [-0.4, -0.2) is 25.4 Å². The fourth-order valence-electron chi connectivity index (χ4n) is 1.63. The van der Waals surface area contributed by atoms with Gasteiger partial charge in [0, 0.05) is 30.3 Å². The van der Waals surface area contributed by atoms with E-state index >= 15 is 0 Å². The fourth-order valence-corrected chi connectivity index (χ4v) is 3.76. The SMILES string of the molecule is CNc1ccc([N+](=O)[O-])cc1S(=O)(=O)Nc1ncc(C)s1. The third kappa shape index (κ3) is 3.28. The van der Waals surface area contributed by atoms with Gasteiger partial charge in [-0.3, -0.25) is 14.8 Å². The van der Waals surface area contributed by atoms with E-state index in [0.29, 0.717) is 0 Å². The largest absolute Gasteiger partial charge is 0.387 e. The van der Waals surface area contributed by atoms with Crippen LogP contribution < -0.4 is 10.0 Å². The summed E-state index contributed by atoms with van der Waals surface area (Å²) in [6.07, 6.45) is 1.54. The van der Waals surface area contributed by atoms with Crippen LogP contribution in [0.15, 0.2) is 29.3 Å². The van der Waals surface area contributed by atoms with Crippen LogP contribution in [0.3, 0.4) is 0 Å². The zero-order chi connectivity index (χ0) is 15.6. The van der Waals surface area contributed by atoms with Gasteiger partial charge in [0.2, 0.25) is 0 Å². The second-order valence-corrected chi connectivity index (χ2v) is 6.95. The Morgan fingerprint density at radius 1 is 1.38 bits per heavy atom. The summed E-state index contributed by atoms with van der Waals surface area (Å²) in [6, 6.07) is 3.59. The van der Waals surface area contributed by atoms with Crippen LogP contribution in [0.5, 0.6) is 0 Å². The molecule has 0 saturated heterocycles. The van der Waals surface area contributed by atoms with E-state index in [2.05, 4.69) is 15.0 Å². The topological polar surface area (TPSA) is 114 Å². The molecule has 2 rings (SSSR count). The van der Waals surface area contributed by atoms with Gasteiger partial charge < -0.3 is 5.32 Å². The second kappa shape index (κ2) is 5.66. The van der Waals surface area contributed by atoms with Crippen molar-refractivity contribution in [3.05, 3.63) is 39.4 Å². The maximum absolute atomic E-state index is 12.4. The number of hydrogen-bond donors (Lipinski definition) is 2. The lowest BCUT2D eigenvalue weighted by Gasteiger charge is -2.10. The monoisotopic (exact) mass is 328 g/mol. The summed E-state index contributed by atoms with van der Waals surface area (Å²) in [7, 11) is -2.43. The first-order valence-electron chi connectivity index (χ1n) is 5.75. The predicted octanol–water partition coefficient (Wildman–Crippen LogP) is 2.20. The number of nitrogens with one attached hydrogen (secondary N) is 2. The van der Waals surface area contributed by atoms with Crippen molar-refractivity contribution in [2.45, 2.75) is 11.8 Å². The standard InChI is InChI=1S/C11H12N4O4S2/c1-7-6-13-11(20-7)14-21(18,19)10-5-8(15(16)17)3-4-9(10)12-2/h3-6,12H,1-2H3,(H,13,14). The van der Waals surface area contributed by atoms with E-state index in [1.165, 1.54) is 36.7 Å². The van der Waals surface area contributed by atoms with Crippen molar-refractivity contribution in [1.29, 1.82) is 0 Å². The molecule has 0 fully saturated rings. The van der Waals surface area contributed by atoms with Crippen molar-refractivity contribution in [3.8, 4) is 0 Å². The number of nitro groups is 1. The van der Waals surface area contributed by atoms with E-state index in [1.54, 1.807) is 6.92 Å². The molecule has 0 radical (unpaired) electrons. The van der Waals surface area contributed by atoms with Crippen LogP contribution >= 0.6 is 11.3 Å². The third-order valence-corrected chi connectivity index (χ3v) is 4.91. The number of non-ortho nitro benzene ring substituents is 1. The number of benzene rings is 1. The molecular weight excluding hydrogens is 316 g/mol. The molecule has 1 aromatic carbocycles. The first-order chi connectivity index (χ1) is 9.83. The first kappa shape index (κ1) is 15.2. The fraction of sp³-hybridized carbons (Fsp3) is 0.182. The zero-order valence-corrected chi connectivity index (χ0v) is 12.8. The van der Waals surface area contributed by atoms with E-state index in [9.17, 15) is 18.5 Å². The van der Waals surface area contributed by atoms with Crippen LogP contribution in [0.25, 0.3) is 0 Å². The lowest BCUT2D eigenvalue weighted by molar-refractivity contribution is -0.385. The van der Waals surface area contributed by atoms with Crippen LogP contribution in [0.2, 0.25) is 0 Å². The molecule has 1 heterocycles. The molecule has 0 aliphatic heterocycles. The highest BCUT2D eigenvalue weighted by Crippen LogP contribution is 2.28. The number of aryl methyl sites for hydroxylation is 1. The minimum atomic E-state index is -3.97. The van der Waals surface area contributed by atoms with E-state index in [1.807, 2.05) is 0 Å². The van der Waals surface area contributed by atoms with Gasteiger partial charge in [0.15, 0.2) is 5.13 Å². The van der Waals surface area contributed by atoms with Gasteiger partial charge in [0.25, 0.3) is 15.7 Å². The predicted molar refractivity (Wildman–Crippen MR) is 80.3 cm³/mol. The summed E-state index contributed by atoms with van der Waals surface area (Å²) in [5.41, 5.74) is -0.0360. The summed E-state index contributed by atoms with van der Waals surface area (Å²) < 4.78 is 27.0.